The number of benzene rings is 1. The number of carbonyl (C=O) groups excluding carboxylic acids is 1. The zero-order chi connectivity index (χ0) is 17.5. The Morgan fingerprint density at radius 2 is 1.50 bits per heavy atom. The van der Waals surface area contributed by atoms with Gasteiger partial charge in [0.05, 0.1) is 0 Å². The van der Waals surface area contributed by atoms with Crippen molar-refractivity contribution < 1.29 is 4.79 Å². The molecule has 0 bridgehead atoms. The molecule has 1 aromatic carbocycles. The highest BCUT2D eigenvalue weighted by atomic mass is 16.2. The average molecular weight is 328 g/mol. The fourth-order valence-corrected chi connectivity index (χ4v) is 2.55. The highest BCUT2D eigenvalue weighted by molar-refractivity contribution is 5.96. The molecule has 128 valence electrons. The molecule has 2 heterocycles. The number of hydrogen-bond donors (Lipinski definition) is 2. The van der Waals surface area contributed by atoms with Crippen LogP contribution in [-0.2, 0) is 0 Å². The molecule has 4 N–H and O–H groups in total. The molecule has 3 rings (SSSR count). The monoisotopic (exact) mass is 328 g/mol. The number of nitrogen functional groups attached to an aromatic ring is 2. The van der Waals surface area contributed by atoms with Crippen molar-refractivity contribution in [3.05, 3.63) is 42.2 Å². The number of amides is 1. The summed E-state index contributed by atoms with van der Waals surface area (Å²) < 4.78 is 0. The van der Waals surface area contributed by atoms with E-state index >= 15 is 0 Å². The van der Waals surface area contributed by atoms with Crippen LogP contribution in [0.4, 0.5) is 17.3 Å². The Morgan fingerprint density at radius 3 is 2.04 bits per heavy atom. The second-order valence-electron chi connectivity index (χ2n) is 5.22. The van der Waals surface area contributed by atoms with E-state index < -0.39 is 0 Å². The molecular weight excluding hydrogens is 304 g/mol. The molecule has 7 nitrogen and oxygen atoms in total. The third-order valence-corrected chi connectivity index (χ3v) is 3.63. The lowest BCUT2D eigenvalue weighted by atomic mass is 10.1. The number of carbonyl (C=O) groups is 1. The van der Waals surface area contributed by atoms with Gasteiger partial charge in [0.1, 0.15) is 0 Å². The van der Waals surface area contributed by atoms with Gasteiger partial charge in [0, 0.05) is 55.5 Å². The van der Waals surface area contributed by atoms with Crippen LogP contribution in [-0.4, -0.2) is 47.0 Å². The van der Waals surface area contributed by atoms with E-state index in [0.29, 0.717) is 49.1 Å². The Bertz CT molecular complexity index is 648. The summed E-state index contributed by atoms with van der Waals surface area (Å²) in [6.45, 7) is 6.64. The molecule has 24 heavy (non-hydrogen) atoms. The second kappa shape index (κ2) is 8.14. The summed E-state index contributed by atoms with van der Waals surface area (Å²) in [6, 6.07) is 6.74. The van der Waals surface area contributed by atoms with E-state index in [-0.39, 0.29) is 5.91 Å². The molecule has 0 saturated carbocycles. The molecule has 0 aliphatic carbocycles. The summed E-state index contributed by atoms with van der Waals surface area (Å²) in [5.74, 6) is 0.649. The van der Waals surface area contributed by atoms with Gasteiger partial charge in [-0.1, -0.05) is 13.8 Å². The van der Waals surface area contributed by atoms with E-state index in [2.05, 4.69) is 14.9 Å². The summed E-state index contributed by atoms with van der Waals surface area (Å²) in [4.78, 5) is 24.8. The summed E-state index contributed by atoms with van der Waals surface area (Å²) in [6.07, 6.45) is 3.44. The number of nitrogens with two attached hydrogens (primary N) is 2. The molecule has 1 saturated heterocycles. The molecule has 0 unspecified atom stereocenters. The molecule has 1 fully saturated rings. The molecule has 2 aromatic rings. The first kappa shape index (κ1) is 17.5. The van der Waals surface area contributed by atoms with Crippen LogP contribution in [0, 0.1) is 0 Å². The summed E-state index contributed by atoms with van der Waals surface area (Å²) in [5, 5.41) is 0. The first-order valence-corrected chi connectivity index (χ1v) is 8.11. The zero-order valence-electron chi connectivity index (χ0n) is 14.1. The smallest absolute Gasteiger partial charge is 0.254 e. The summed E-state index contributed by atoms with van der Waals surface area (Å²) in [5.41, 5.74) is 13.0. The van der Waals surface area contributed by atoms with Crippen molar-refractivity contribution in [2.75, 3.05) is 42.5 Å². The van der Waals surface area contributed by atoms with Crippen LogP contribution in [0.1, 0.15) is 24.2 Å². The zero-order valence-corrected chi connectivity index (χ0v) is 14.1. The largest absolute Gasteiger partial charge is 0.399 e. The second-order valence-corrected chi connectivity index (χ2v) is 5.22. The van der Waals surface area contributed by atoms with Crippen LogP contribution in [0.5, 0.6) is 0 Å². The number of anilines is 3. The number of hydrogen-bond acceptors (Lipinski definition) is 6. The number of nitrogens with zero attached hydrogens (tertiary/aromatic N) is 4. The Kier molecular flexibility index (Phi) is 5.95. The Balaban J connectivity index is 0.00000100. The average Bonchev–Trinajstić information content (AvgIpc) is 2.63. The third kappa shape index (κ3) is 4.13. The molecule has 1 aromatic heterocycles. The lowest BCUT2D eigenvalue weighted by molar-refractivity contribution is 0.0746. The SMILES string of the molecule is CC.Nc1cc(N)cc(C(=O)N2CCN(c3ncccn3)CC2)c1. The molecular formula is C17H24N6O. The number of rotatable bonds is 2. The van der Waals surface area contributed by atoms with Crippen LogP contribution < -0.4 is 16.4 Å². The fourth-order valence-electron chi connectivity index (χ4n) is 2.55. The molecule has 0 radical (unpaired) electrons. The maximum absolute atomic E-state index is 12.5. The minimum absolute atomic E-state index is 0.0485. The van der Waals surface area contributed by atoms with Gasteiger partial charge in [-0.3, -0.25) is 4.79 Å². The van der Waals surface area contributed by atoms with Crippen LogP contribution in [0.3, 0.4) is 0 Å². The lowest BCUT2D eigenvalue weighted by Gasteiger charge is -2.34. The predicted octanol–water partition coefficient (Wildman–Crippen LogP) is 1.63. The van der Waals surface area contributed by atoms with Crippen molar-refractivity contribution in [2.24, 2.45) is 0 Å². The van der Waals surface area contributed by atoms with Crippen molar-refractivity contribution in [3.63, 3.8) is 0 Å². The van der Waals surface area contributed by atoms with Gasteiger partial charge in [0.15, 0.2) is 0 Å². The van der Waals surface area contributed by atoms with Crippen molar-refractivity contribution >= 4 is 23.2 Å². The van der Waals surface area contributed by atoms with Gasteiger partial charge in [-0.05, 0) is 24.3 Å². The van der Waals surface area contributed by atoms with E-state index in [4.69, 9.17) is 11.5 Å². The molecule has 1 aliphatic rings. The van der Waals surface area contributed by atoms with Gasteiger partial charge in [0.25, 0.3) is 5.91 Å². The molecule has 7 heteroatoms. The van der Waals surface area contributed by atoms with Gasteiger partial charge in [-0.25, -0.2) is 9.97 Å². The Morgan fingerprint density at radius 1 is 0.958 bits per heavy atom. The predicted molar refractivity (Wildman–Crippen MR) is 96.8 cm³/mol. The molecule has 0 spiro atoms. The van der Waals surface area contributed by atoms with Gasteiger partial charge >= 0.3 is 0 Å². The van der Waals surface area contributed by atoms with Gasteiger partial charge < -0.3 is 21.3 Å². The van der Waals surface area contributed by atoms with E-state index in [0.717, 1.165) is 0 Å². The maximum atomic E-state index is 12.5. The third-order valence-electron chi connectivity index (χ3n) is 3.63. The van der Waals surface area contributed by atoms with Crippen LogP contribution in [0.15, 0.2) is 36.7 Å². The quantitative estimate of drug-likeness (QED) is 0.813. The summed E-state index contributed by atoms with van der Waals surface area (Å²) in [7, 11) is 0. The van der Waals surface area contributed by atoms with Crippen molar-refractivity contribution in [1.82, 2.24) is 14.9 Å². The van der Waals surface area contributed by atoms with Crippen molar-refractivity contribution in [2.45, 2.75) is 13.8 Å². The normalized spacial score (nSPS) is 13.9. The lowest BCUT2D eigenvalue weighted by Crippen LogP contribution is -2.49. The minimum atomic E-state index is -0.0485. The van der Waals surface area contributed by atoms with E-state index in [1.165, 1.54) is 0 Å². The van der Waals surface area contributed by atoms with E-state index in [1.807, 2.05) is 13.8 Å². The molecule has 0 atom stereocenters. The first-order chi connectivity index (χ1) is 11.6. The standard InChI is InChI=1S/C15H18N6O.C2H6/c16-12-8-11(9-13(17)10-12)14(22)20-4-6-21(7-5-20)15-18-2-1-3-19-15;1-2/h1-3,8-10H,4-7,16-17H2;1-2H3. The summed E-state index contributed by atoms with van der Waals surface area (Å²) >= 11 is 0. The molecule has 1 amide bonds. The molecule has 1 aliphatic heterocycles. The minimum Gasteiger partial charge on any atom is -0.399 e. The van der Waals surface area contributed by atoms with E-state index in [9.17, 15) is 4.79 Å². The van der Waals surface area contributed by atoms with Gasteiger partial charge in [-0.2, -0.15) is 0 Å². The Labute approximate surface area is 142 Å². The topological polar surface area (TPSA) is 101 Å². The highest BCUT2D eigenvalue weighted by Gasteiger charge is 2.23. The first-order valence-electron chi connectivity index (χ1n) is 8.11. The highest BCUT2D eigenvalue weighted by Crippen LogP contribution is 2.17. The van der Waals surface area contributed by atoms with Crippen LogP contribution in [0.25, 0.3) is 0 Å². The number of piperazine rings is 1. The van der Waals surface area contributed by atoms with E-state index in [1.54, 1.807) is 41.6 Å². The van der Waals surface area contributed by atoms with Crippen LogP contribution in [0.2, 0.25) is 0 Å². The Hall–Kier alpha value is -2.83. The number of aromatic nitrogens is 2. The van der Waals surface area contributed by atoms with Crippen LogP contribution >= 0.6 is 0 Å². The van der Waals surface area contributed by atoms with Crippen molar-refractivity contribution in [1.29, 1.82) is 0 Å². The van der Waals surface area contributed by atoms with Crippen molar-refractivity contribution in [3.8, 4) is 0 Å². The maximum Gasteiger partial charge on any atom is 0.254 e. The fraction of sp³-hybridized carbons (Fsp3) is 0.353. The van der Waals surface area contributed by atoms with Gasteiger partial charge in [0.2, 0.25) is 5.95 Å². The van der Waals surface area contributed by atoms with Gasteiger partial charge in [-0.15, -0.1) is 0 Å².